The van der Waals surface area contributed by atoms with E-state index in [1.54, 1.807) is 11.3 Å². The van der Waals surface area contributed by atoms with Crippen molar-refractivity contribution in [1.82, 2.24) is 0 Å². The Morgan fingerprint density at radius 2 is 2.27 bits per heavy atom. The largest absolute Gasteiger partial charge is 0.377 e. The van der Waals surface area contributed by atoms with Crippen molar-refractivity contribution in [1.29, 1.82) is 0 Å². The molecule has 2 atom stereocenters. The van der Waals surface area contributed by atoms with Gasteiger partial charge in [-0.3, -0.25) is 0 Å². The van der Waals surface area contributed by atoms with Crippen LogP contribution in [0.1, 0.15) is 32.3 Å². The second-order valence-electron chi connectivity index (χ2n) is 3.78. The van der Waals surface area contributed by atoms with E-state index in [0.29, 0.717) is 0 Å². The summed E-state index contributed by atoms with van der Waals surface area (Å²) in [6.45, 7) is 4.95. The van der Waals surface area contributed by atoms with Crippen LogP contribution in [-0.4, -0.2) is 18.8 Å². The molecule has 15 heavy (non-hydrogen) atoms. The summed E-state index contributed by atoms with van der Waals surface area (Å²) in [6.07, 6.45) is 3.31. The molecule has 0 bridgehead atoms. The fourth-order valence-corrected chi connectivity index (χ4v) is 2.41. The van der Waals surface area contributed by atoms with E-state index in [1.807, 2.05) is 6.92 Å². The zero-order valence-electron chi connectivity index (χ0n) is 9.61. The van der Waals surface area contributed by atoms with Crippen LogP contribution in [0.4, 0.5) is 0 Å². The van der Waals surface area contributed by atoms with Crippen LogP contribution in [-0.2, 0) is 11.2 Å². The number of thiophene rings is 1. The van der Waals surface area contributed by atoms with Gasteiger partial charge in [0.15, 0.2) is 0 Å². The summed E-state index contributed by atoms with van der Waals surface area (Å²) in [5.41, 5.74) is 7.49. The van der Waals surface area contributed by atoms with E-state index in [1.165, 1.54) is 5.56 Å². The number of ether oxygens (including phenoxy) is 1. The summed E-state index contributed by atoms with van der Waals surface area (Å²) in [5.74, 6) is 0. The summed E-state index contributed by atoms with van der Waals surface area (Å²) in [4.78, 5) is 0. The lowest BCUT2D eigenvalue weighted by atomic mass is 10.0. The summed E-state index contributed by atoms with van der Waals surface area (Å²) >= 11 is 1.72. The zero-order chi connectivity index (χ0) is 11.1. The van der Waals surface area contributed by atoms with Crippen molar-refractivity contribution in [3.8, 4) is 0 Å². The van der Waals surface area contributed by atoms with Crippen molar-refractivity contribution >= 4 is 11.3 Å². The Hall–Kier alpha value is -0.380. The van der Waals surface area contributed by atoms with E-state index in [0.717, 1.165) is 25.9 Å². The van der Waals surface area contributed by atoms with Crippen molar-refractivity contribution in [3.63, 3.8) is 0 Å². The molecule has 2 N–H and O–H groups in total. The third-order valence-electron chi connectivity index (χ3n) is 2.48. The smallest absolute Gasteiger partial charge is 0.0728 e. The minimum Gasteiger partial charge on any atom is -0.377 e. The van der Waals surface area contributed by atoms with Crippen molar-refractivity contribution in [2.45, 2.75) is 45.3 Å². The SMILES string of the molecule is CCCC(OCC)C(N)Cc1ccsc1. The van der Waals surface area contributed by atoms with Gasteiger partial charge >= 0.3 is 0 Å². The lowest BCUT2D eigenvalue weighted by Gasteiger charge is -2.23. The summed E-state index contributed by atoms with van der Waals surface area (Å²) in [5, 5.41) is 4.26. The van der Waals surface area contributed by atoms with Crippen LogP contribution >= 0.6 is 11.3 Å². The molecule has 1 rings (SSSR count). The highest BCUT2D eigenvalue weighted by atomic mass is 32.1. The van der Waals surface area contributed by atoms with Gasteiger partial charge in [-0.2, -0.15) is 11.3 Å². The second kappa shape index (κ2) is 6.99. The highest BCUT2D eigenvalue weighted by molar-refractivity contribution is 7.07. The molecule has 0 saturated heterocycles. The summed E-state index contributed by atoms with van der Waals surface area (Å²) in [6, 6.07) is 2.26. The molecule has 1 heterocycles. The Morgan fingerprint density at radius 1 is 1.47 bits per heavy atom. The molecule has 0 saturated carbocycles. The van der Waals surface area contributed by atoms with E-state index in [4.69, 9.17) is 10.5 Å². The molecule has 0 aliphatic carbocycles. The molecule has 86 valence electrons. The van der Waals surface area contributed by atoms with E-state index < -0.39 is 0 Å². The van der Waals surface area contributed by atoms with E-state index >= 15 is 0 Å². The van der Waals surface area contributed by atoms with Gasteiger partial charge in [0.1, 0.15) is 0 Å². The highest BCUT2D eigenvalue weighted by Gasteiger charge is 2.17. The van der Waals surface area contributed by atoms with Gasteiger partial charge < -0.3 is 10.5 Å². The summed E-state index contributed by atoms with van der Waals surface area (Å²) < 4.78 is 5.67. The molecule has 0 radical (unpaired) electrons. The van der Waals surface area contributed by atoms with Crippen LogP contribution in [0.2, 0.25) is 0 Å². The van der Waals surface area contributed by atoms with Gasteiger partial charge in [0.05, 0.1) is 6.10 Å². The van der Waals surface area contributed by atoms with Crippen LogP contribution in [0.15, 0.2) is 16.8 Å². The highest BCUT2D eigenvalue weighted by Crippen LogP contribution is 2.13. The van der Waals surface area contributed by atoms with Crippen molar-refractivity contribution in [2.75, 3.05) is 6.61 Å². The minimum atomic E-state index is 0.125. The standard InChI is InChI=1S/C12H21NOS/c1-3-5-12(14-4-2)11(13)8-10-6-7-15-9-10/h6-7,9,11-12H,3-5,8,13H2,1-2H3. The molecule has 2 nitrogen and oxygen atoms in total. The quantitative estimate of drug-likeness (QED) is 0.777. The number of hydrogen-bond acceptors (Lipinski definition) is 3. The molecule has 0 aliphatic heterocycles. The molecule has 1 aromatic rings. The van der Waals surface area contributed by atoms with Gasteiger partial charge in [0, 0.05) is 12.6 Å². The van der Waals surface area contributed by atoms with Crippen LogP contribution in [0.25, 0.3) is 0 Å². The molecule has 0 spiro atoms. The first-order valence-electron chi connectivity index (χ1n) is 5.66. The Morgan fingerprint density at radius 3 is 2.80 bits per heavy atom. The second-order valence-corrected chi connectivity index (χ2v) is 4.56. The predicted octanol–water partition coefficient (Wildman–Crippen LogP) is 2.82. The molecule has 0 fully saturated rings. The van der Waals surface area contributed by atoms with Crippen LogP contribution in [0.5, 0.6) is 0 Å². The lowest BCUT2D eigenvalue weighted by Crippen LogP contribution is -2.38. The lowest BCUT2D eigenvalue weighted by molar-refractivity contribution is 0.0378. The van der Waals surface area contributed by atoms with E-state index in [-0.39, 0.29) is 12.1 Å². The first-order valence-corrected chi connectivity index (χ1v) is 6.60. The Labute approximate surface area is 96.4 Å². The van der Waals surface area contributed by atoms with Gasteiger partial charge in [-0.15, -0.1) is 0 Å². The van der Waals surface area contributed by atoms with Gasteiger partial charge in [-0.1, -0.05) is 13.3 Å². The number of rotatable bonds is 7. The average Bonchev–Trinajstić information content (AvgIpc) is 2.70. The predicted molar refractivity (Wildman–Crippen MR) is 66.3 cm³/mol. The number of hydrogen-bond donors (Lipinski definition) is 1. The van der Waals surface area contributed by atoms with Gasteiger partial charge in [-0.05, 0) is 42.2 Å². The van der Waals surface area contributed by atoms with E-state index in [9.17, 15) is 0 Å². The fourth-order valence-electron chi connectivity index (χ4n) is 1.73. The molecule has 3 heteroatoms. The molecule has 0 amide bonds. The Bertz CT molecular complexity index is 242. The fraction of sp³-hybridized carbons (Fsp3) is 0.667. The monoisotopic (exact) mass is 227 g/mol. The molecule has 0 aliphatic rings. The van der Waals surface area contributed by atoms with Crippen molar-refractivity contribution in [3.05, 3.63) is 22.4 Å². The summed E-state index contributed by atoms with van der Waals surface area (Å²) in [7, 11) is 0. The topological polar surface area (TPSA) is 35.2 Å². The minimum absolute atomic E-state index is 0.125. The molecule has 0 aromatic carbocycles. The molecule has 2 unspecified atom stereocenters. The van der Waals surface area contributed by atoms with Crippen LogP contribution in [0, 0.1) is 0 Å². The zero-order valence-corrected chi connectivity index (χ0v) is 10.4. The van der Waals surface area contributed by atoms with Crippen LogP contribution in [0.3, 0.4) is 0 Å². The normalized spacial score (nSPS) is 15.1. The van der Waals surface area contributed by atoms with E-state index in [2.05, 4.69) is 23.8 Å². The van der Waals surface area contributed by atoms with Gasteiger partial charge in [0.25, 0.3) is 0 Å². The Balaban J connectivity index is 2.44. The van der Waals surface area contributed by atoms with Crippen molar-refractivity contribution in [2.24, 2.45) is 5.73 Å². The first kappa shape index (κ1) is 12.7. The first-order chi connectivity index (χ1) is 7.27. The van der Waals surface area contributed by atoms with Crippen molar-refractivity contribution < 1.29 is 4.74 Å². The van der Waals surface area contributed by atoms with Crippen LogP contribution < -0.4 is 5.73 Å². The Kier molecular flexibility index (Phi) is 5.91. The number of nitrogens with two attached hydrogens (primary N) is 1. The third kappa shape index (κ3) is 4.33. The molecular formula is C12H21NOS. The molecular weight excluding hydrogens is 206 g/mol. The maximum absolute atomic E-state index is 6.16. The van der Waals surface area contributed by atoms with Gasteiger partial charge in [0.2, 0.25) is 0 Å². The average molecular weight is 227 g/mol. The van der Waals surface area contributed by atoms with Gasteiger partial charge in [-0.25, -0.2) is 0 Å². The molecule has 1 aromatic heterocycles. The third-order valence-corrected chi connectivity index (χ3v) is 3.22. The maximum Gasteiger partial charge on any atom is 0.0728 e. The maximum atomic E-state index is 6.16.